The van der Waals surface area contributed by atoms with Crippen LogP contribution in [-0.4, -0.2) is 30.8 Å². The second-order valence-corrected chi connectivity index (χ2v) is 3.62. The van der Waals surface area contributed by atoms with Gasteiger partial charge in [0.15, 0.2) is 0 Å². The minimum absolute atomic E-state index is 0.0839. The molecule has 0 N–H and O–H groups in total. The molecule has 1 aliphatic heterocycles. The van der Waals surface area contributed by atoms with Gasteiger partial charge in [-0.15, -0.1) is 4.65 Å². The average Bonchev–Trinajstić information content (AvgIpc) is 2.05. The lowest BCUT2D eigenvalue weighted by Crippen LogP contribution is -2.48. The number of hydrogen-bond acceptors (Lipinski definition) is 2. The molecule has 1 fully saturated rings. The fourth-order valence-corrected chi connectivity index (χ4v) is 1.58. The highest BCUT2D eigenvalue weighted by molar-refractivity contribution is 5.68. The molecule has 3 nitrogen and oxygen atoms in total. The summed E-state index contributed by atoms with van der Waals surface area (Å²) in [5.74, 6) is -0.0839. The standard InChI is InChI=1S/C9H18NO2/c1-3-9(11)12-10(2)7-5-4-6-8-10/h3-8H2,1-2H3/q+1. The van der Waals surface area contributed by atoms with Gasteiger partial charge in [-0.2, -0.15) is 0 Å². The molecule has 0 radical (unpaired) electrons. The number of nitrogens with zero attached hydrogens (tertiary/aromatic N) is 1. The molecule has 0 aliphatic carbocycles. The van der Waals surface area contributed by atoms with Crippen molar-refractivity contribution in [3.8, 4) is 0 Å². The van der Waals surface area contributed by atoms with Crippen molar-refractivity contribution in [3.63, 3.8) is 0 Å². The summed E-state index contributed by atoms with van der Waals surface area (Å²) in [4.78, 5) is 16.4. The van der Waals surface area contributed by atoms with E-state index in [2.05, 4.69) is 0 Å². The molecule has 0 saturated carbocycles. The summed E-state index contributed by atoms with van der Waals surface area (Å²) in [5.41, 5.74) is 0. The Morgan fingerprint density at radius 1 is 1.33 bits per heavy atom. The lowest BCUT2D eigenvalue weighted by molar-refractivity contribution is -1.08. The maximum absolute atomic E-state index is 11.0. The molecule has 0 spiro atoms. The second kappa shape index (κ2) is 3.90. The number of hydrogen-bond donors (Lipinski definition) is 0. The van der Waals surface area contributed by atoms with Gasteiger partial charge in [0, 0.05) is 19.3 Å². The van der Waals surface area contributed by atoms with Gasteiger partial charge in [0.2, 0.25) is 0 Å². The van der Waals surface area contributed by atoms with E-state index in [-0.39, 0.29) is 5.97 Å². The van der Waals surface area contributed by atoms with E-state index in [0.29, 0.717) is 11.1 Å². The van der Waals surface area contributed by atoms with E-state index in [1.807, 2.05) is 14.0 Å². The highest BCUT2D eigenvalue weighted by atomic mass is 16.7. The van der Waals surface area contributed by atoms with Gasteiger partial charge in [-0.25, -0.2) is 4.79 Å². The Bertz CT molecular complexity index is 162. The van der Waals surface area contributed by atoms with Gasteiger partial charge in [0.05, 0.1) is 0 Å². The van der Waals surface area contributed by atoms with Crippen molar-refractivity contribution in [2.45, 2.75) is 32.6 Å². The number of piperidine rings is 1. The maximum Gasteiger partial charge on any atom is 0.366 e. The SMILES string of the molecule is CCC(=O)O[N+]1(C)CCCCC1. The zero-order valence-corrected chi connectivity index (χ0v) is 8.01. The Morgan fingerprint density at radius 2 is 1.92 bits per heavy atom. The van der Waals surface area contributed by atoms with Crippen molar-refractivity contribution in [3.05, 3.63) is 0 Å². The smallest absolute Gasteiger partial charge is 0.277 e. The molecule has 0 unspecified atom stereocenters. The molecule has 12 heavy (non-hydrogen) atoms. The van der Waals surface area contributed by atoms with E-state index in [0.717, 1.165) is 13.1 Å². The molecule has 0 bridgehead atoms. The van der Waals surface area contributed by atoms with Crippen LogP contribution < -0.4 is 0 Å². The number of carbonyl (C=O) groups excluding carboxylic acids is 1. The first-order valence-corrected chi connectivity index (χ1v) is 4.73. The number of rotatable bonds is 2. The van der Waals surface area contributed by atoms with E-state index in [4.69, 9.17) is 4.84 Å². The summed E-state index contributed by atoms with van der Waals surface area (Å²) in [6, 6.07) is 0. The van der Waals surface area contributed by atoms with Gasteiger partial charge in [0.1, 0.15) is 20.1 Å². The van der Waals surface area contributed by atoms with E-state index >= 15 is 0 Å². The third-order valence-electron chi connectivity index (χ3n) is 2.37. The van der Waals surface area contributed by atoms with Gasteiger partial charge in [-0.05, 0) is 6.42 Å². The van der Waals surface area contributed by atoms with Crippen LogP contribution in [0.3, 0.4) is 0 Å². The molecular formula is C9H18NO2+. The van der Waals surface area contributed by atoms with Crippen molar-refractivity contribution < 1.29 is 14.3 Å². The predicted molar refractivity (Wildman–Crippen MR) is 46.2 cm³/mol. The molecule has 1 aliphatic rings. The number of quaternary nitrogens is 1. The maximum atomic E-state index is 11.0. The van der Waals surface area contributed by atoms with Crippen LogP contribution in [0.5, 0.6) is 0 Å². The molecule has 1 rings (SSSR count). The van der Waals surface area contributed by atoms with Crippen LogP contribution in [0.25, 0.3) is 0 Å². The van der Waals surface area contributed by atoms with E-state index in [1.165, 1.54) is 19.3 Å². The van der Waals surface area contributed by atoms with Crippen molar-refractivity contribution >= 4 is 5.97 Å². The van der Waals surface area contributed by atoms with E-state index in [1.54, 1.807) is 0 Å². The largest absolute Gasteiger partial charge is 0.366 e. The predicted octanol–water partition coefficient (Wildman–Crippen LogP) is 1.49. The number of hydroxylamine groups is 3. The van der Waals surface area contributed by atoms with Gasteiger partial charge >= 0.3 is 5.97 Å². The molecule has 0 aromatic rings. The third-order valence-corrected chi connectivity index (χ3v) is 2.37. The Kier molecular flexibility index (Phi) is 3.09. The van der Waals surface area contributed by atoms with Crippen LogP contribution in [0.1, 0.15) is 32.6 Å². The summed E-state index contributed by atoms with van der Waals surface area (Å²) >= 11 is 0. The first-order valence-electron chi connectivity index (χ1n) is 4.73. The van der Waals surface area contributed by atoms with Gasteiger partial charge in [0.25, 0.3) is 0 Å². The van der Waals surface area contributed by atoms with Gasteiger partial charge in [-0.3, -0.25) is 4.84 Å². The highest BCUT2D eigenvalue weighted by Crippen LogP contribution is 2.17. The molecule has 3 heteroatoms. The number of likely N-dealkylation sites (tertiary alicyclic amines) is 1. The topological polar surface area (TPSA) is 26.3 Å². The first-order chi connectivity index (χ1) is 5.66. The third kappa shape index (κ3) is 2.48. The summed E-state index contributed by atoms with van der Waals surface area (Å²) in [6.45, 7) is 3.79. The van der Waals surface area contributed by atoms with Crippen molar-refractivity contribution in [1.29, 1.82) is 0 Å². The van der Waals surface area contributed by atoms with E-state index < -0.39 is 0 Å². The lowest BCUT2D eigenvalue weighted by Gasteiger charge is -2.33. The zero-order chi connectivity index (χ0) is 9.03. The summed E-state index contributed by atoms with van der Waals surface area (Å²) in [6.07, 6.45) is 4.10. The summed E-state index contributed by atoms with van der Waals surface area (Å²) in [5, 5.41) is 0. The molecule has 0 amide bonds. The highest BCUT2D eigenvalue weighted by Gasteiger charge is 2.29. The monoisotopic (exact) mass is 172 g/mol. The molecule has 0 aromatic carbocycles. The van der Waals surface area contributed by atoms with Crippen molar-refractivity contribution in [2.24, 2.45) is 0 Å². The lowest BCUT2D eigenvalue weighted by atomic mass is 10.1. The number of carbonyl (C=O) groups is 1. The zero-order valence-electron chi connectivity index (χ0n) is 8.01. The molecular weight excluding hydrogens is 154 g/mol. The fraction of sp³-hybridized carbons (Fsp3) is 0.889. The Morgan fingerprint density at radius 3 is 2.42 bits per heavy atom. The van der Waals surface area contributed by atoms with Gasteiger partial charge < -0.3 is 0 Å². The molecule has 1 saturated heterocycles. The van der Waals surface area contributed by atoms with E-state index in [9.17, 15) is 4.79 Å². The minimum Gasteiger partial charge on any atom is -0.277 e. The Labute approximate surface area is 73.9 Å². The summed E-state index contributed by atoms with van der Waals surface area (Å²) in [7, 11) is 1.99. The summed E-state index contributed by atoms with van der Waals surface area (Å²) < 4.78 is 0.493. The quantitative estimate of drug-likeness (QED) is 0.590. The van der Waals surface area contributed by atoms with Crippen LogP contribution in [0.2, 0.25) is 0 Å². The van der Waals surface area contributed by atoms with Crippen LogP contribution in [0.4, 0.5) is 0 Å². The van der Waals surface area contributed by atoms with Crippen LogP contribution in [0, 0.1) is 0 Å². The Hall–Kier alpha value is -0.570. The minimum atomic E-state index is -0.0839. The second-order valence-electron chi connectivity index (χ2n) is 3.62. The normalized spacial score (nSPS) is 21.8. The average molecular weight is 172 g/mol. The van der Waals surface area contributed by atoms with Crippen LogP contribution >= 0.6 is 0 Å². The molecule has 0 aromatic heterocycles. The van der Waals surface area contributed by atoms with Crippen molar-refractivity contribution in [1.82, 2.24) is 0 Å². The molecule has 1 heterocycles. The Balaban J connectivity index is 2.41. The molecule has 70 valence electrons. The van der Waals surface area contributed by atoms with Crippen LogP contribution in [-0.2, 0) is 9.63 Å². The van der Waals surface area contributed by atoms with Crippen LogP contribution in [0.15, 0.2) is 0 Å². The first kappa shape index (κ1) is 9.52. The molecule has 0 atom stereocenters. The van der Waals surface area contributed by atoms with Gasteiger partial charge in [-0.1, -0.05) is 6.92 Å². The van der Waals surface area contributed by atoms with Crippen molar-refractivity contribution in [2.75, 3.05) is 20.1 Å². The fourth-order valence-electron chi connectivity index (χ4n) is 1.58.